The van der Waals surface area contributed by atoms with Crippen LogP contribution in [0, 0.1) is 11.3 Å². The number of nitrogens with one attached hydrogen (secondary N) is 1. The second kappa shape index (κ2) is 7.33. The number of carbonyl (C=O) groups is 1. The van der Waals surface area contributed by atoms with Crippen LogP contribution in [0.3, 0.4) is 0 Å². The van der Waals surface area contributed by atoms with E-state index in [0.717, 1.165) is 6.26 Å². The molecule has 24 heavy (non-hydrogen) atoms. The first-order valence-electron chi connectivity index (χ1n) is 7.21. The van der Waals surface area contributed by atoms with E-state index in [4.69, 9.17) is 0 Å². The van der Waals surface area contributed by atoms with E-state index in [1.165, 1.54) is 22.6 Å². The van der Waals surface area contributed by atoms with Gasteiger partial charge in [-0.05, 0) is 12.1 Å². The number of nitrogens with zero attached hydrogens (tertiary/aromatic N) is 3. The fourth-order valence-electron chi connectivity index (χ4n) is 2.27. The summed E-state index contributed by atoms with van der Waals surface area (Å²) >= 11 is 0. The summed E-state index contributed by atoms with van der Waals surface area (Å²) in [7, 11) is -3.23. The van der Waals surface area contributed by atoms with Crippen LogP contribution >= 0.6 is 0 Å². The summed E-state index contributed by atoms with van der Waals surface area (Å²) in [6.07, 6.45) is 2.58. The van der Waals surface area contributed by atoms with Crippen molar-refractivity contribution < 1.29 is 18.3 Å². The molecule has 1 aliphatic rings. The van der Waals surface area contributed by atoms with Crippen LogP contribution in [-0.4, -0.2) is 61.1 Å². The molecule has 0 aromatic heterocycles. The highest BCUT2D eigenvalue weighted by atomic mass is 32.2. The summed E-state index contributed by atoms with van der Waals surface area (Å²) in [5.41, 5.74) is 0.286. The molecule has 0 atom stereocenters. The average molecular weight is 350 g/mol. The molecule has 1 saturated heterocycles. The average Bonchev–Trinajstić information content (AvgIpc) is 2.52. The van der Waals surface area contributed by atoms with E-state index in [1.54, 1.807) is 17.0 Å². The van der Waals surface area contributed by atoms with Crippen LogP contribution in [-0.2, 0) is 14.8 Å². The first-order chi connectivity index (χ1) is 11.3. The van der Waals surface area contributed by atoms with Crippen LogP contribution in [0.1, 0.15) is 0 Å². The number of hydrogen-bond acceptors (Lipinski definition) is 6. The summed E-state index contributed by atoms with van der Waals surface area (Å²) in [5, 5.41) is 21.1. The fraction of sp³-hybridized carbons (Fsp3) is 0.333. The third-order valence-electron chi connectivity index (χ3n) is 3.52. The molecule has 2 rings (SSSR count). The number of benzene rings is 1. The highest BCUT2D eigenvalue weighted by Gasteiger charge is 2.23. The van der Waals surface area contributed by atoms with Crippen molar-refractivity contribution >= 4 is 21.6 Å². The van der Waals surface area contributed by atoms with E-state index in [0.29, 0.717) is 31.9 Å². The Morgan fingerprint density at radius 2 is 2.00 bits per heavy atom. The standard InChI is InChI=1S/C15H18N4O4S/c1-24(22,23)19-7-5-18(6-8-19)11-12(10-16)15(21)17-13-3-2-4-14(20)9-13/h2-4,9,11,20H,5-8H2,1H3,(H,17,21)/b12-11-. The molecule has 0 unspecified atom stereocenters. The maximum absolute atomic E-state index is 12.1. The van der Waals surface area contributed by atoms with Crippen molar-refractivity contribution in [3.05, 3.63) is 36.0 Å². The van der Waals surface area contributed by atoms with Gasteiger partial charge in [0.2, 0.25) is 10.0 Å². The molecule has 8 nitrogen and oxygen atoms in total. The predicted octanol–water partition coefficient (Wildman–Crippen LogP) is 0.315. The maximum Gasteiger partial charge on any atom is 0.267 e. The van der Waals surface area contributed by atoms with E-state index >= 15 is 0 Å². The van der Waals surface area contributed by atoms with Gasteiger partial charge in [-0.2, -0.15) is 9.57 Å². The van der Waals surface area contributed by atoms with Crippen molar-refractivity contribution in [3.63, 3.8) is 0 Å². The summed E-state index contributed by atoms with van der Waals surface area (Å²) in [6, 6.07) is 7.85. The van der Waals surface area contributed by atoms with Crippen LogP contribution in [0.25, 0.3) is 0 Å². The number of piperazine rings is 1. The summed E-state index contributed by atoms with van der Waals surface area (Å²) in [6.45, 7) is 1.42. The van der Waals surface area contributed by atoms with Crippen molar-refractivity contribution in [1.29, 1.82) is 5.26 Å². The zero-order valence-electron chi connectivity index (χ0n) is 13.1. The minimum Gasteiger partial charge on any atom is -0.508 e. The van der Waals surface area contributed by atoms with Crippen LogP contribution in [0.15, 0.2) is 36.0 Å². The van der Waals surface area contributed by atoms with Crippen molar-refractivity contribution in [2.45, 2.75) is 0 Å². The Morgan fingerprint density at radius 3 is 2.54 bits per heavy atom. The second-order valence-corrected chi connectivity index (χ2v) is 7.34. The number of anilines is 1. The molecule has 0 spiro atoms. The number of carbonyl (C=O) groups excluding carboxylic acids is 1. The number of hydrogen-bond donors (Lipinski definition) is 2. The molecule has 1 aliphatic heterocycles. The highest BCUT2D eigenvalue weighted by molar-refractivity contribution is 7.88. The minimum atomic E-state index is -3.23. The molecule has 2 N–H and O–H groups in total. The molecule has 9 heteroatoms. The van der Waals surface area contributed by atoms with Crippen LogP contribution in [0.4, 0.5) is 5.69 Å². The highest BCUT2D eigenvalue weighted by Crippen LogP contribution is 2.16. The molecular weight excluding hydrogens is 332 g/mol. The van der Waals surface area contributed by atoms with Gasteiger partial charge < -0.3 is 15.3 Å². The lowest BCUT2D eigenvalue weighted by Crippen LogP contribution is -2.46. The molecule has 1 aromatic carbocycles. The van der Waals surface area contributed by atoms with Gasteiger partial charge in [0.05, 0.1) is 6.26 Å². The van der Waals surface area contributed by atoms with Gasteiger partial charge in [-0.1, -0.05) is 6.07 Å². The molecule has 1 heterocycles. The number of rotatable bonds is 4. The molecule has 128 valence electrons. The Bertz CT molecular complexity index is 790. The Labute approximate surface area is 140 Å². The van der Waals surface area contributed by atoms with Gasteiger partial charge >= 0.3 is 0 Å². The van der Waals surface area contributed by atoms with E-state index < -0.39 is 15.9 Å². The van der Waals surface area contributed by atoms with Crippen molar-refractivity contribution in [2.24, 2.45) is 0 Å². The van der Waals surface area contributed by atoms with E-state index in [2.05, 4.69) is 5.32 Å². The van der Waals surface area contributed by atoms with Crippen LogP contribution < -0.4 is 5.32 Å². The monoisotopic (exact) mass is 350 g/mol. The Hall–Kier alpha value is -2.57. The van der Waals surface area contributed by atoms with Gasteiger partial charge in [0, 0.05) is 44.1 Å². The first kappa shape index (κ1) is 17.8. The van der Waals surface area contributed by atoms with Gasteiger partial charge in [-0.3, -0.25) is 4.79 Å². The van der Waals surface area contributed by atoms with E-state index in [-0.39, 0.29) is 11.3 Å². The number of phenols is 1. The van der Waals surface area contributed by atoms with E-state index in [1.807, 2.05) is 6.07 Å². The zero-order valence-corrected chi connectivity index (χ0v) is 14.0. The van der Waals surface area contributed by atoms with Gasteiger partial charge in [0.15, 0.2) is 0 Å². The lowest BCUT2D eigenvalue weighted by molar-refractivity contribution is -0.112. The fourth-order valence-corrected chi connectivity index (χ4v) is 3.09. The van der Waals surface area contributed by atoms with Crippen molar-refractivity contribution in [3.8, 4) is 11.8 Å². The van der Waals surface area contributed by atoms with Gasteiger partial charge in [0.25, 0.3) is 5.91 Å². The van der Waals surface area contributed by atoms with Crippen molar-refractivity contribution in [1.82, 2.24) is 9.21 Å². The first-order valence-corrected chi connectivity index (χ1v) is 9.06. The predicted molar refractivity (Wildman–Crippen MR) is 88.4 cm³/mol. The quantitative estimate of drug-likeness (QED) is 0.597. The smallest absolute Gasteiger partial charge is 0.267 e. The molecule has 1 aromatic rings. The Morgan fingerprint density at radius 1 is 1.33 bits per heavy atom. The molecule has 0 aliphatic carbocycles. The summed E-state index contributed by atoms with van der Waals surface area (Å²) < 4.78 is 24.3. The lowest BCUT2D eigenvalue weighted by atomic mass is 10.2. The van der Waals surface area contributed by atoms with Gasteiger partial charge in [0.1, 0.15) is 17.4 Å². The Kier molecular flexibility index (Phi) is 5.43. The Balaban J connectivity index is 2.02. The second-order valence-electron chi connectivity index (χ2n) is 5.36. The maximum atomic E-state index is 12.1. The van der Waals surface area contributed by atoms with Gasteiger partial charge in [-0.15, -0.1) is 0 Å². The molecular formula is C15H18N4O4S. The minimum absolute atomic E-state index is 0.00665. The summed E-state index contributed by atoms with van der Waals surface area (Å²) in [5.74, 6) is -0.583. The van der Waals surface area contributed by atoms with Gasteiger partial charge in [-0.25, -0.2) is 8.42 Å². The number of phenolic OH excluding ortho intramolecular Hbond substituents is 1. The normalized spacial score (nSPS) is 16.5. The number of sulfonamides is 1. The summed E-state index contributed by atoms with van der Waals surface area (Å²) in [4.78, 5) is 13.9. The third-order valence-corrected chi connectivity index (χ3v) is 4.83. The molecule has 0 bridgehead atoms. The molecule has 0 radical (unpaired) electrons. The van der Waals surface area contributed by atoms with E-state index in [9.17, 15) is 23.6 Å². The number of amides is 1. The third kappa shape index (κ3) is 4.71. The van der Waals surface area contributed by atoms with Crippen LogP contribution in [0.2, 0.25) is 0 Å². The molecule has 0 saturated carbocycles. The molecule has 1 amide bonds. The zero-order chi connectivity index (χ0) is 17.7. The number of nitriles is 1. The van der Waals surface area contributed by atoms with Crippen LogP contribution in [0.5, 0.6) is 5.75 Å². The lowest BCUT2D eigenvalue weighted by Gasteiger charge is -2.32. The van der Waals surface area contributed by atoms with Crippen molar-refractivity contribution in [2.75, 3.05) is 37.8 Å². The number of aromatic hydroxyl groups is 1. The SMILES string of the molecule is CS(=O)(=O)N1CCN(/C=C(/C#N)C(=O)Nc2cccc(O)c2)CC1. The molecule has 1 fully saturated rings. The topological polar surface area (TPSA) is 114 Å². The largest absolute Gasteiger partial charge is 0.508 e.